The number of rotatable bonds is 7. The Morgan fingerprint density at radius 3 is 2.72 bits per heavy atom. The summed E-state index contributed by atoms with van der Waals surface area (Å²) >= 11 is 6.33. The Kier molecular flexibility index (Phi) is 10.9. The molecule has 1 atom stereocenters. The van der Waals surface area contributed by atoms with Crippen LogP contribution in [0.1, 0.15) is 32.8 Å². The number of nitrogens with one attached hydrogen (secondary N) is 2. The SMILES string of the molecule is CCOc1c(Cl)cc(CNC(=NC)NC2CCN(C(=O)C(C)C)C2)cc1OC.I. The van der Waals surface area contributed by atoms with Crippen LogP contribution in [0.15, 0.2) is 17.1 Å². The highest BCUT2D eigenvalue weighted by Crippen LogP contribution is 2.36. The number of carbonyl (C=O) groups excluding carboxylic acids is 1. The number of halogens is 2. The van der Waals surface area contributed by atoms with Gasteiger partial charge in [0.05, 0.1) is 18.7 Å². The highest BCUT2D eigenvalue weighted by Gasteiger charge is 2.27. The lowest BCUT2D eigenvalue weighted by atomic mass is 10.2. The molecule has 1 saturated heterocycles. The first-order chi connectivity index (χ1) is 13.4. The van der Waals surface area contributed by atoms with Crippen molar-refractivity contribution in [3.05, 3.63) is 22.7 Å². The monoisotopic (exact) mass is 538 g/mol. The van der Waals surface area contributed by atoms with E-state index in [4.69, 9.17) is 21.1 Å². The van der Waals surface area contributed by atoms with Crippen molar-refractivity contribution >= 4 is 47.4 Å². The van der Waals surface area contributed by atoms with Crippen LogP contribution in [0.25, 0.3) is 0 Å². The van der Waals surface area contributed by atoms with Gasteiger partial charge in [-0.05, 0) is 31.0 Å². The number of amides is 1. The van der Waals surface area contributed by atoms with Gasteiger partial charge >= 0.3 is 0 Å². The number of likely N-dealkylation sites (tertiary alicyclic amines) is 1. The molecule has 164 valence electrons. The molecule has 1 amide bonds. The van der Waals surface area contributed by atoms with Gasteiger partial charge in [-0.2, -0.15) is 0 Å². The molecule has 0 aromatic heterocycles. The molecule has 29 heavy (non-hydrogen) atoms. The Labute approximate surface area is 195 Å². The minimum Gasteiger partial charge on any atom is -0.493 e. The molecular weight excluding hydrogens is 507 g/mol. The Morgan fingerprint density at radius 1 is 1.41 bits per heavy atom. The zero-order valence-corrected chi connectivity index (χ0v) is 20.8. The summed E-state index contributed by atoms with van der Waals surface area (Å²) in [6.45, 7) is 8.28. The topological polar surface area (TPSA) is 75.2 Å². The van der Waals surface area contributed by atoms with Gasteiger partial charge in [-0.3, -0.25) is 9.79 Å². The maximum absolute atomic E-state index is 12.1. The molecule has 0 spiro atoms. The van der Waals surface area contributed by atoms with Gasteiger partial charge < -0.3 is 25.0 Å². The van der Waals surface area contributed by atoms with Crippen LogP contribution in [0.5, 0.6) is 11.5 Å². The van der Waals surface area contributed by atoms with Gasteiger partial charge in [0.1, 0.15) is 0 Å². The minimum absolute atomic E-state index is 0. The molecule has 0 bridgehead atoms. The first-order valence-electron chi connectivity index (χ1n) is 9.64. The first kappa shape index (κ1) is 25.6. The van der Waals surface area contributed by atoms with Gasteiger partial charge in [0.25, 0.3) is 0 Å². The van der Waals surface area contributed by atoms with Gasteiger partial charge in [-0.15, -0.1) is 24.0 Å². The number of hydrogen-bond acceptors (Lipinski definition) is 4. The smallest absolute Gasteiger partial charge is 0.225 e. The van der Waals surface area contributed by atoms with Crippen LogP contribution < -0.4 is 20.1 Å². The molecule has 1 aliphatic heterocycles. The first-order valence-corrected chi connectivity index (χ1v) is 10.0. The Morgan fingerprint density at radius 2 is 2.14 bits per heavy atom. The van der Waals surface area contributed by atoms with E-state index in [1.54, 1.807) is 14.2 Å². The van der Waals surface area contributed by atoms with E-state index in [-0.39, 0.29) is 41.8 Å². The third-order valence-corrected chi connectivity index (χ3v) is 4.88. The molecule has 1 aromatic rings. The zero-order chi connectivity index (χ0) is 20.7. The highest BCUT2D eigenvalue weighted by atomic mass is 127. The van der Waals surface area contributed by atoms with Crippen LogP contribution in [-0.4, -0.2) is 56.7 Å². The van der Waals surface area contributed by atoms with E-state index >= 15 is 0 Å². The molecular formula is C20H32ClIN4O3. The van der Waals surface area contributed by atoms with E-state index in [0.717, 1.165) is 18.5 Å². The van der Waals surface area contributed by atoms with E-state index in [9.17, 15) is 4.79 Å². The number of methoxy groups -OCH3 is 1. The summed E-state index contributed by atoms with van der Waals surface area (Å²) in [7, 11) is 3.32. The maximum atomic E-state index is 12.1. The number of hydrogen-bond donors (Lipinski definition) is 2. The molecule has 1 aromatic carbocycles. The lowest BCUT2D eigenvalue weighted by Gasteiger charge is -2.20. The van der Waals surface area contributed by atoms with Crippen molar-refractivity contribution in [2.24, 2.45) is 10.9 Å². The average molecular weight is 539 g/mol. The van der Waals surface area contributed by atoms with E-state index in [1.165, 1.54) is 0 Å². The normalized spacial score (nSPS) is 16.4. The van der Waals surface area contributed by atoms with Crippen molar-refractivity contribution in [1.29, 1.82) is 0 Å². The Balaban J connectivity index is 0.00000420. The summed E-state index contributed by atoms with van der Waals surface area (Å²) in [5.41, 5.74) is 0.955. The second-order valence-electron chi connectivity index (χ2n) is 7.04. The lowest BCUT2D eigenvalue weighted by Crippen LogP contribution is -2.45. The second kappa shape index (κ2) is 12.3. The van der Waals surface area contributed by atoms with Crippen LogP contribution in [0.3, 0.4) is 0 Å². The third-order valence-electron chi connectivity index (χ3n) is 4.60. The van der Waals surface area contributed by atoms with E-state index < -0.39 is 0 Å². The van der Waals surface area contributed by atoms with Gasteiger partial charge in [0, 0.05) is 38.6 Å². The van der Waals surface area contributed by atoms with Gasteiger partial charge in [0.15, 0.2) is 17.5 Å². The molecule has 2 N–H and O–H groups in total. The number of aliphatic imine (C=N–C) groups is 1. The van der Waals surface area contributed by atoms with Crippen molar-refractivity contribution < 1.29 is 14.3 Å². The van der Waals surface area contributed by atoms with Crippen LogP contribution >= 0.6 is 35.6 Å². The number of ether oxygens (including phenoxy) is 2. The highest BCUT2D eigenvalue weighted by molar-refractivity contribution is 14.0. The van der Waals surface area contributed by atoms with Crippen molar-refractivity contribution in [2.75, 3.05) is 33.9 Å². The van der Waals surface area contributed by atoms with E-state index in [0.29, 0.717) is 42.2 Å². The lowest BCUT2D eigenvalue weighted by molar-refractivity contribution is -0.133. The standard InChI is InChI=1S/C20H31ClN4O3.HI/c1-6-28-18-16(21)9-14(10-17(18)27-5)11-23-20(22-4)24-15-7-8-25(12-15)19(26)13(2)3;/h9-10,13,15H,6-8,11-12H2,1-5H3,(H2,22,23,24);1H. The molecule has 0 aliphatic carbocycles. The summed E-state index contributed by atoms with van der Waals surface area (Å²) in [6.07, 6.45) is 0.905. The number of benzene rings is 1. The largest absolute Gasteiger partial charge is 0.493 e. The second-order valence-corrected chi connectivity index (χ2v) is 7.44. The molecule has 7 nitrogen and oxygen atoms in total. The molecule has 0 saturated carbocycles. The quantitative estimate of drug-likeness (QED) is 0.317. The van der Waals surface area contributed by atoms with Crippen LogP contribution in [0.4, 0.5) is 0 Å². The van der Waals surface area contributed by atoms with Gasteiger partial charge in [0.2, 0.25) is 5.91 Å². The fraction of sp³-hybridized carbons (Fsp3) is 0.600. The van der Waals surface area contributed by atoms with Crippen LogP contribution in [0, 0.1) is 5.92 Å². The maximum Gasteiger partial charge on any atom is 0.225 e. The summed E-state index contributed by atoms with van der Waals surface area (Å²) in [4.78, 5) is 18.3. The van der Waals surface area contributed by atoms with Crippen LogP contribution in [-0.2, 0) is 11.3 Å². The van der Waals surface area contributed by atoms with Crippen molar-refractivity contribution in [1.82, 2.24) is 15.5 Å². The predicted octanol–water partition coefficient (Wildman–Crippen LogP) is 3.29. The van der Waals surface area contributed by atoms with Crippen molar-refractivity contribution in [2.45, 2.75) is 39.8 Å². The zero-order valence-electron chi connectivity index (χ0n) is 17.8. The van der Waals surface area contributed by atoms with Crippen molar-refractivity contribution in [3.63, 3.8) is 0 Å². The average Bonchev–Trinajstić information content (AvgIpc) is 3.14. The predicted molar refractivity (Wildman–Crippen MR) is 128 cm³/mol. The molecule has 1 aliphatic rings. The summed E-state index contributed by atoms with van der Waals surface area (Å²) in [6, 6.07) is 3.94. The van der Waals surface area contributed by atoms with E-state index in [2.05, 4.69) is 15.6 Å². The summed E-state index contributed by atoms with van der Waals surface area (Å²) in [5.74, 6) is 2.07. The molecule has 1 unspecified atom stereocenters. The van der Waals surface area contributed by atoms with Crippen LogP contribution in [0.2, 0.25) is 5.02 Å². The third kappa shape index (κ3) is 7.09. The molecule has 0 radical (unpaired) electrons. The number of nitrogens with zero attached hydrogens (tertiary/aromatic N) is 2. The fourth-order valence-electron chi connectivity index (χ4n) is 3.18. The molecule has 1 fully saturated rings. The molecule has 1 heterocycles. The Bertz CT molecular complexity index is 715. The minimum atomic E-state index is 0. The van der Waals surface area contributed by atoms with Gasteiger partial charge in [-0.25, -0.2) is 0 Å². The Hall–Kier alpha value is -1.42. The molecule has 9 heteroatoms. The fourth-order valence-corrected chi connectivity index (χ4v) is 3.46. The summed E-state index contributed by atoms with van der Waals surface area (Å²) < 4.78 is 10.9. The number of carbonyl (C=O) groups is 1. The molecule has 2 rings (SSSR count). The summed E-state index contributed by atoms with van der Waals surface area (Å²) in [5, 5.41) is 7.19. The number of guanidine groups is 1. The van der Waals surface area contributed by atoms with E-state index in [1.807, 2.05) is 37.8 Å². The van der Waals surface area contributed by atoms with Crippen molar-refractivity contribution in [3.8, 4) is 11.5 Å². The van der Waals surface area contributed by atoms with Gasteiger partial charge in [-0.1, -0.05) is 25.4 Å².